The molecule has 0 aliphatic carbocycles. The molecule has 0 saturated carbocycles. The van der Waals surface area contributed by atoms with Crippen LogP contribution in [-0.4, -0.2) is 31.7 Å². The van der Waals surface area contributed by atoms with Gasteiger partial charge in [0.15, 0.2) is 11.5 Å². The second-order valence-corrected chi connectivity index (χ2v) is 7.45. The third-order valence-corrected chi connectivity index (χ3v) is 5.49. The number of ether oxygens (including phenoxy) is 2. The number of amides is 1. The lowest BCUT2D eigenvalue weighted by atomic mass is 10.1. The van der Waals surface area contributed by atoms with E-state index in [1.54, 1.807) is 19.6 Å². The number of nitrogens with zero attached hydrogens (tertiary/aromatic N) is 1. The van der Waals surface area contributed by atoms with E-state index >= 15 is 0 Å². The first kappa shape index (κ1) is 20.8. The molecule has 3 N–H and O–H groups in total. The zero-order valence-electron chi connectivity index (χ0n) is 16.6. The van der Waals surface area contributed by atoms with E-state index in [2.05, 4.69) is 10.3 Å². The highest BCUT2D eigenvalue weighted by molar-refractivity contribution is 7.09. The standard InChI is InChI=1S/C22H25N3O3S/c1-27-19-9-8-16(13-20(19)28-2)10-11-24-21(26)18-14-29-22(25-18)17(23)12-15-6-4-3-5-7-15/h3-9,13-14,17H,10-12,23H2,1-2H3,(H,24,26). The van der Waals surface area contributed by atoms with Crippen molar-refractivity contribution in [3.63, 3.8) is 0 Å². The number of methoxy groups -OCH3 is 2. The van der Waals surface area contributed by atoms with Crippen LogP contribution < -0.4 is 20.5 Å². The summed E-state index contributed by atoms with van der Waals surface area (Å²) in [6, 6.07) is 15.5. The third kappa shape index (κ3) is 5.56. The van der Waals surface area contributed by atoms with Gasteiger partial charge in [-0.1, -0.05) is 36.4 Å². The summed E-state index contributed by atoms with van der Waals surface area (Å²) in [5.74, 6) is 1.16. The van der Waals surface area contributed by atoms with Gasteiger partial charge >= 0.3 is 0 Å². The van der Waals surface area contributed by atoms with Crippen molar-refractivity contribution in [1.29, 1.82) is 0 Å². The summed E-state index contributed by atoms with van der Waals surface area (Å²) >= 11 is 1.42. The SMILES string of the molecule is COc1ccc(CCNC(=O)c2csc(C(N)Cc3ccccc3)n2)cc1OC. The molecule has 0 aliphatic rings. The molecule has 1 aromatic heterocycles. The van der Waals surface area contributed by atoms with E-state index in [1.165, 1.54) is 11.3 Å². The maximum absolute atomic E-state index is 12.4. The molecule has 3 aromatic rings. The average Bonchev–Trinajstić information content (AvgIpc) is 3.25. The van der Waals surface area contributed by atoms with Crippen LogP contribution in [0, 0.1) is 0 Å². The van der Waals surface area contributed by atoms with Gasteiger partial charge in [-0.2, -0.15) is 0 Å². The largest absolute Gasteiger partial charge is 0.493 e. The molecule has 0 bridgehead atoms. The maximum atomic E-state index is 12.4. The highest BCUT2D eigenvalue weighted by Crippen LogP contribution is 2.27. The Labute approximate surface area is 174 Å². The molecule has 3 rings (SSSR count). The van der Waals surface area contributed by atoms with Gasteiger partial charge in [-0.3, -0.25) is 4.79 Å². The van der Waals surface area contributed by atoms with Gasteiger partial charge in [0.1, 0.15) is 10.7 Å². The number of thiazole rings is 1. The molecule has 2 aromatic carbocycles. The fourth-order valence-electron chi connectivity index (χ4n) is 2.96. The van der Waals surface area contributed by atoms with Crippen LogP contribution in [0.2, 0.25) is 0 Å². The van der Waals surface area contributed by atoms with Crippen LogP contribution in [-0.2, 0) is 12.8 Å². The lowest BCUT2D eigenvalue weighted by Gasteiger charge is -2.10. The van der Waals surface area contributed by atoms with Crippen molar-refractivity contribution in [2.45, 2.75) is 18.9 Å². The summed E-state index contributed by atoms with van der Waals surface area (Å²) in [4.78, 5) is 16.8. The Balaban J connectivity index is 1.52. The first-order valence-corrected chi connectivity index (χ1v) is 10.2. The number of nitrogens with two attached hydrogens (primary N) is 1. The molecule has 0 radical (unpaired) electrons. The van der Waals surface area contributed by atoms with E-state index < -0.39 is 0 Å². The quantitative estimate of drug-likeness (QED) is 0.564. The molecule has 1 amide bonds. The molecule has 0 spiro atoms. The molecule has 7 heteroatoms. The minimum absolute atomic E-state index is 0.195. The molecule has 1 unspecified atom stereocenters. The molecule has 0 fully saturated rings. The second kappa shape index (κ2) is 10.0. The molecular weight excluding hydrogens is 386 g/mol. The highest BCUT2D eigenvalue weighted by atomic mass is 32.1. The molecule has 152 valence electrons. The molecule has 1 atom stereocenters. The predicted octanol–water partition coefficient (Wildman–Crippen LogP) is 3.38. The van der Waals surface area contributed by atoms with Gasteiger partial charge in [-0.25, -0.2) is 4.98 Å². The fraction of sp³-hybridized carbons (Fsp3) is 0.273. The summed E-state index contributed by atoms with van der Waals surface area (Å²) in [6.07, 6.45) is 1.37. The Morgan fingerprint density at radius 1 is 1.10 bits per heavy atom. The molecule has 0 saturated heterocycles. The van der Waals surface area contributed by atoms with Crippen molar-refractivity contribution in [2.24, 2.45) is 5.73 Å². The van der Waals surface area contributed by atoms with Crippen LogP contribution in [0.5, 0.6) is 11.5 Å². The normalized spacial score (nSPS) is 11.7. The van der Waals surface area contributed by atoms with Crippen LogP contribution >= 0.6 is 11.3 Å². The molecule has 6 nitrogen and oxygen atoms in total. The van der Waals surface area contributed by atoms with Gasteiger partial charge in [0.25, 0.3) is 5.91 Å². The van der Waals surface area contributed by atoms with Crippen molar-refractivity contribution in [1.82, 2.24) is 10.3 Å². The number of aromatic nitrogens is 1. The summed E-state index contributed by atoms with van der Waals surface area (Å²) in [6.45, 7) is 0.497. The fourth-order valence-corrected chi connectivity index (χ4v) is 3.77. The molecule has 29 heavy (non-hydrogen) atoms. The minimum atomic E-state index is -0.226. The van der Waals surface area contributed by atoms with E-state index in [1.807, 2.05) is 48.5 Å². The third-order valence-electron chi connectivity index (χ3n) is 4.52. The first-order chi connectivity index (χ1) is 14.1. The van der Waals surface area contributed by atoms with Crippen LogP contribution in [0.4, 0.5) is 0 Å². The van der Waals surface area contributed by atoms with Crippen LogP contribution in [0.3, 0.4) is 0 Å². The lowest BCUT2D eigenvalue weighted by molar-refractivity contribution is 0.0949. The summed E-state index contributed by atoms with van der Waals surface area (Å²) < 4.78 is 10.5. The number of benzene rings is 2. The van der Waals surface area contributed by atoms with Crippen molar-refractivity contribution >= 4 is 17.2 Å². The smallest absolute Gasteiger partial charge is 0.270 e. The van der Waals surface area contributed by atoms with Gasteiger partial charge in [-0.15, -0.1) is 11.3 Å². The number of carbonyl (C=O) groups is 1. The van der Waals surface area contributed by atoms with Gasteiger partial charge in [0.05, 0.1) is 20.3 Å². The number of rotatable bonds is 9. The Morgan fingerprint density at radius 3 is 2.59 bits per heavy atom. The van der Waals surface area contributed by atoms with Gasteiger partial charge in [0.2, 0.25) is 0 Å². The number of hydrogen-bond acceptors (Lipinski definition) is 6. The van der Waals surface area contributed by atoms with Crippen molar-refractivity contribution in [3.05, 3.63) is 75.7 Å². The highest BCUT2D eigenvalue weighted by Gasteiger charge is 2.15. The maximum Gasteiger partial charge on any atom is 0.270 e. The second-order valence-electron chi connectivity index (χ2n) is 6.56. The van der Waals surface area contributed by atoms with Crippen molar-refractivity contribution < 1.29 is 14.3 Å². The van der Waals surface area contributed by atoms with Crippen molar-refractivity contribution in [2.75, 3.05) is 20.8 Å². The van der Waals surface area contributed by atoms with Crippen LogP contribution in [0.25, 0.3) is 0 Å². The van der Waals surface area contributed by atoms with E-state index in [-0.39, 0.29) is 11.9 Å². The van der Waals surface area contributed by atoms with E-state index in [4.69, 9.17) is 15.2 Å². The van der Waals surface area contributed by atoms with Gasteiger partial charge in [-0.05, 0) is 36.1 Å². The summed E-state index contributed by atoms with van der Waals surface area (Å²) in [5.41, 5.74) is 8.86. The van der Waals surface area contributed by atoms with Gasteiger partial charge in [0, 0.05) is 11.9 Å². The first-order valence-electron chi connectivity index (χ1n) is 9.34. The minimum Gasteiger partial charge on any atom is -0.493 e. The Hall–Kier alpha value is -2.90. The number of carbonyl (C=O) groups excluding carboxylic acids is 1. The topological polar surface area (TPSA) is 86.5 Å². The van der Waals surface area contributed by atoms with Crippen LogP contribution in [0.1, 0.15) is 32.7 Å². The Bertz CT molecular complexity index is 943. The zero-order chi connectivity index (χ0) is 20.6. The van der Waals surface area contributed by atoms with Crippen LogP contribution in [0.15, 0.2) is 53.9 Å². The van der Waals surface area contributed by atoms with E-state index in [0.29, 0.717) is 36.6 Å². The molecule has 1 heterocycles. The monoisotopic (exact) mass is 411 g/mol. The number of hydrogen-bond donors (Lipinski definition) is 2. The Morgan fingerprint density at radius 2 is 1.86 bits per heavy atom. The molecule has 0 aliphatic heterocycles. The Kier molecular flexibility index (Phi) is 7.21. The predicted molar refractivity (Wildman–Crippen MR) is 115 cm³/mol. The zero-order valence-corrected chi connectivity index (χ0v) is 17.4. The molecular formula is C22H25N3O3S. The number of nitrogens with one attached hydrogen (secondary N) is 1. The average molecular weight is 412 g/mol. The summed E-state index contributed by atoms with van der Waals surface area (Å²) in [7, 11) is 3.21. The van der Waals surface area contributed by atoms with Gasteiger partial charge < -0.3 is 20.5 Å². The lowest BCUT2D eigenvalue weighted by Crippen LogP contribution is -2.26. The summed E-state index contributed by atoms with van der Waals surface area (Å²) in [5, 5.41) is 5.43. The van der Waals surface area contributed by atoms with E-state index in [9.17, 15) is 4.79 Å². The van der Waals surface area contributed by atoms with E-state index in [0.717, 1.165) is 16.1 Å². The van der Waals surface area contributed by atoms with Crippen molar-refractivity contribution in [3.8, 4) is 11.5 Å².